The summed E-state index contributed by atoms with van der Waals surface area (Å²) in [6.07, 6.45) is 2.12. The van der Waals surface area contributed by atoms with Crippen LogP contribution in [0.4, 0.5) is 24.5 Å². The number of rotatable bonds is 3. The Labute approximate surface area is 121 Å². The lowest BCUT2D eigenvalue weighted by Gasteiger charge is -2.29. The molecular formula is C14H19F3N2S. The highest BCUT2D eigenvalue weighted by atomic mass is 32.2. The largest absolute Gasteiger partial charge is 0.416 e. The summed E-state index contributed by atoms with van der Waals surface area (Å²) >= 11 is 1.88. The number of hydrogen-bond donors (Lipinski definition) is 2. The van der Waals surface area contributed by atoms with E-state index in [4.69, 9.17) is 5.73 Å². The third-order valence-corrected chi connectivity index (χ3v) is 4.88. The zero-order chi connectivity index (χ0) is 14.8. The fraction of sp³-hybridized carbons (Fsp3) is 0.571. The number of halogens is 3. The maximum Gasteiger partial charge on any atom is 0.416 e. The number of anilines is 2. The van der Waals surface area contributed by atoms with Crippen LogP contribution in [0, 0.1) is 0 Å². The van der Waals surface area contributed by atoms with E-state index < -0.39 is 11.7 Å². The minimum Gasteiger partial charge on any atom is -0.397 e. The molecule has 3 N–H and O–H groups in total. The number of nitrogen functional groups attached to an aromatic ring is 1. The highest BCUT2D eigenvalue weighted by Crippen LogP contribution is 2.34. The summed E-state index contributed by atoms with van der Waals surface area (Å²) in [5.74, 6) is 0. The van der Waals surface area contributed by atoms with Gasteiger partial charge < -0.3 is 11.1 Å². The predicted octanol–water partition coefficient (Wildman–Crippen LogP) is 4.37. The minimum atomic E-state index is -4.34. The molecule has 0 amide bonds. The van der Waals surface area contributed by atoms with Crippen LogP contribution in [0.25, 0.3) is 0 Å². The fourth-order valence-electron chi connectivity index (χ4n) is 2.53. The average molecular weight is 304 g/mol. The topological polar surface area (TPSA) is 38.0 Å². The van der Waals surface area contributed by atoms with Crippen LogP contribution in [0.3, 0.4) is 0 Å². The van der Waals surface area contributed by atoms with Gasteiger partial charge in [0.05, 0.1) is 16.9 Å². The van der Waals surface area contributed by atoms with E-state index in [-0.39, 0.29) is 5.69 Å². The molecule has 0 bridgehead atoms. The van der Waals surface area contributed by atoms with Crippen molar-refractivity contribution in [3.63, 3.8) is 0 Å². The average Bonchev–Trinajstić information content (AvgIpc) is 2.41. The Morgan fingerprint density at radius 2 is 1.85 bits per heavy atom. The van der Waals surface area contributed by atoms with Crippen molar-refractivity contribution in [1.82, 2.24) is 0 Å². The smallest absolute Gasteiger partial charge is 0.397 e. The minimum absolute atomic E-state index is 0.159. The van der Waals surface area contributed by atoms with Gasteiger partial charge >= 0.3 is 6.18 Å². The Morgan fingerprint density at radius 3 is 2.35 bits per heavy atom. The zero-order valence-corrected chi connectivity index (χ0v) is 12.2. The Balaban J connectivity index is 2.00. The first kappa shape index (κ1) is 15.4. The van der Waals surface area contributed by atoms with Gasteiger partial charge in [-0.05, 0) is 50.1 Å². The van der Waals surface area contributed by atoms with E-state index in [1.165, 1.54) is 6.07 Å². The highest BCUT2D eigenvalue weighted by molar-refractivity contribution is 7.99. The molecule has 20 heavy (non-hydrogen) atoms. The van der Waals surface area contributed by atoms with Gasteiger partial charge in [-0.15, -0.1) is 0 Å². The van der Waals surface area contributed by atoms with Gasteiger partial charge in [0.25, 0.3) is 0 Å². The van der Waals surface area contributed by atoms with Gasteiger partial charge in [0.15, 0.2) is 0 Å². The first-order chi connectivity index (χ1) is 9.40. The van der Waals surface area contributed by atoms with Gasteiger partial charge in [-0.1, -0.05) is 0 Å². The van der Waals surface area contributed by atoms with Crippen LogP contribution in [0.1, 0.15) is 31.2 Å². The molecule has 1 aliphatic rings. The third kappa shape index (κ3) is 3.75. The lowest BCUT2D eigenvalue weighted by molar-refractivity contribution is -0.137. The molecule has 1 aliphatic carbocycles. The van der Waals surface area contributed by atoms with Crippen LogP contribution in [0.15, 0.2) is 18.2 Å². The first-order valence-electron chi connectivity index (χ1n) is 6.66. The maximum absolute atomic E-state index is 12.6. The lowest BCUT2D eigenvalue weighted by atomic mass is 9.94. The molecule has 6 heteroatoms. The van der Waals surface area contributed by atoms with E-state index >= 15 is 0 Å². The van der Waals surface area contributed by atoms with Crippen molar-refractivity contribution >= 4 is 23.1 Å². The molecule has 1 aromatic rings. The summed E-state index contributed by atoms with van der Waals surface area (Å²) in [5, 5.41) is 3.98. The molecule has 1 saturated carbocycles. The standard InChI is InChI=1S/C14H19F3N2S/c1-20-11-5-3-10(4-6-11)19-13-7-2-9(8-12(13)18)14(15,16)17/h2,7-8,10-11,19H,3-6,18H2,1H3. The van der Waals surface area contributed by atoms with Crippen molar-refractivity contribution in [1.29, 1.82) is 0 Å². The van der Waals surface area contributed by atoms with E-state index in [9.17, 15) is 13.2 Å². The highest BCUT2D eigenvalue weighted by Gasteiger charge is 2.31. The Hall–Kier alpha value is -1.04. The summed E-state index contributed by atoms with van der Waals surface area (Å²) in [6, 6.07) is 3.80. The molecule has 0 heterocycles. The maximum atomic E-state index is 12.6. The third-order valence-electron chi connectivity index (χ3n) is 3.75. The second-order valence-electron chi connectivity index (χ2n) is 5.15. The normalized spacial score (nSPS) is 23.6. The summed E-state index contributed by atoms with van der Waals surface area (Å²) < 4.78 is 37.7. The number of nitrogens with one attached hydrogen (secondary N) is 1. The van der Waals surface area contributed by atoms with Gasteiger partial charge in [-0.25, -0.2) is 0 Å². The molecule has 112 valence electrons. The summed E-state index contributed by atoms with van der Waals surface area (Å²) in [6.45, 7) is 0. The van der Waals surface area contributed by atoms with Crippen molar-refractivity contribution in [3.05, 3.63) is 23.8 Å². The molecule has 0 radical (unpaired) electrons. The molecule has 1 aromatic carbocycles. The summed E-state index contributed by atoms with van der Waals surface area (Å²) in [4.78, 5) is 0. The monoisotopic (exact) mass is 304 g/mol. The Morgan fingerprint density at radius 1 is 1.20 bits per heavy atom. The predicted molar refractivity (Wildman–Crippen MR) is 79.0 cm³/mol. The quantitative estimate of drug-likeness (QED) is 0.814. The molecular weight excluding hydrogens is 285 g/mol. The number of benzene rings is 1. The van der Waals surface area contributed by atoms with Crippen LogP contribution in [-0.4, -0.2) is 17.5 Å². The molecule has 2 rings (SSSR count). The van der Waals surface area contributed by atoms with Gasteiger partial charge in [-0.2, -0.15) is 24.9 Å². The van der Waals surface area contributed by atoms with Crippen LogP contribution in [0.5, 0.6) is 0 Å². The molecule has 0 aromatic heterocycles. The van der Waals surface area contributed by atoms with Crippen LogP contribution >= 0.6 is 11.8 Å². The van der Waals surface area contributed by atoms with Crippen molar-refractivity contribution in [2.24, 2.45) is 0 Å². The van der Waals surface area contributed by atoms with Crippen LogP contribution < -0.4 is 11.1 Å². The molecule has 0 saturated heterocycles. The molecule has 0 unspecified atom stereocenters. The zero-order valence-electron chi connectivity index (χ0n) is 11.3. The number of nitrogens with two attached hydrogens (primary N) is 1. The van der Waals surface area contributed by atoms with Gasteiger partial charge in [0, 0.05) is 11.3 Å². The van der Waals surface area contributed by atoms with Gasteiger partial charge in [-0.3, -0.25) is 0 Å². The van der Waals surface area contributed by atoms with E-state index in [0.717, 1.165) is 37.8 Å². The molecule has 2 nitrogen and oxygen atoms in total. The van der Waals surface area contributed by atoms with Crippen molar-refractivity contribution in [2.45, 2.75) is 43.2 Å². The second kappa shape index (κ2) is 6.16. The summed E-state index contributed by atoms with van der Waals surface area (Å²) in [7, 11) is 0. The fourth-order valence-corrected chi connectivity index (χ4v) is 3.28. The van der Waals surface area contributed by atoms with Crippen molar-refractivity contribution < 1.29 is 13.2 Å². The second-order valence-corrected chi connectivity index (χ2v) is 6.29. The van der Waals surface area contributed by atoms with E-state index in [1.807, 2.05) is 11.8 Å². The first-order valence-corrected chi connectivity index (χ1v) is 7.95. The Bertz CT molecular complexity index is 454. The number of alkyl halides is 3. The molecule has 0 aliphatic heterocycles. The van der Waals surface area contributed by atoms with Crippen molar-refractivity contribution in [3.8, 4) is 0 Å². The molecule has 0 spiro atoms. The lowest BCUT2D eigenvalue weighted by Crippen LogP contribution is -2.27. The van der Waals surface area contributed by atoms with Crippen LogP contribution in [0.2, 0.25) is 0 Å². The number of thioether (sulfide) groups is 1. The van der Waals surface area contributed by atoms with Gasteiger partial charge in [0.1, 0.15) is 0 Å². The SMILES string of the molecule is CSC1CCC(Nc2ccc(C(F)(F)F)cc2N)CC1. The van der Waals surface area contributed by atoms with E-state index in [1.54, 1.807) is 0 Å². The van der Waals surface area contributed by atoms with Crippen LogP contribution in [-0.2, 0) is 6.18 Å². The molecule has 0 atom stereocenters. The molecule has 1 fully saturated rings. The van der Waals surface area contributed by atoms with E-state index in [2.05, 4.69) is 11.6 Å². The van der Waals surface area contributed by atoms with Gasteiger partial charge in [0.2, 0.25) is 0 Å². The van der Waals surface area contributed by atoms with E-state index in [0.29, 0.717) is 17.0 Å². The van der Waals surface area contributed by atoms with Crippen molar-refractivity contribution in [2.75, 3.05) is 17.3 Å². The number of hydrogen-bond acceptors (Lipinski definition) is 3. The summed E-state index contributed by atoms with van der Waals surface area (Å²) in [5.41, 5.74) is 5.78. The Kier molecular flexibility index (Phi) is 4.73.